The van der Waals surface area contributed by atoms with E-state index in [1.54, 1.807) is 40.3 Å². The first-order valence-electron chi connectivity index (χ1n) is 7.26. The van der Waals surface area contributed by atoms with Gasteiger partial charge in [-0.2, -0.15) is 0 Å². The number of methoxy groups -OCH3 is 1. The summed E-state index contributed by atoms with van der Waals surface area (Å²) in [5.41, 5.74) is 0.896. The minimum absolute atomic E-state index is 0.141. The largest absolute Gasteiger partial charge is 0.496 e. The van der Waals surface area contributed by atoms with Crippen molar-refractivity contribution in [1.29, 1.82) is 0 Å². The van der Waals surface area contributed by atoms with Gasteiger partial charge in [0.25, 0.3) is 0 Å². The van der Waals surface area contributed by atoms with Gasteiger partial charge in [-0.05, 0) is 32.2 Å². The van der Waals surface area contributed by atoms with Crippen LogP contribution in [0.3, 0.4) is 0 Å². The number of carbonyl (C=O) groups excluding carboxylic acids is 2. The number of rotatable bonds is 7. The molecule has 0 aromatic heterocycles. The molecule has 0 aliphatic carbocycles. The lowest BCUT2D eigenvalue weighted by Crippen LogP contribution is -2.47. The Balaban J connectivity index is 2.60. The molecule has 0 heterocycles. The zero-order valence-corrected chi connectivity index (χ0v) is 15.0. The summed E-state index contributed by atoms with van der Waals surface area (Å²) in [5.74, 6) is 0.367. The normalized spacial score (nSPS) is 12.0. The van der Waals surface area contributed by atoms with Crippen molar-refractivity contribution in [2.24, 2.45) is 0 Å². The van der Waals surface area contributed by atoms with E-state index in [4.69, 9.17) is 16.3 Å². The number of halogens is 1. The van der Waals surface area contributed by atoms with Crippen molar-refractivity contribution in [3.63, 3.8) is 0 Å². The molecular weight excluding hydrogens is 318 g/mol. The molecule has 7 heteroatoms. The number of likely N-dealkylation sites (N-methyl/N-ethyl adjacent to an activating group) is 2. The number of nitrogens with zero attached hydrogens (tertiary/aromatic N) is 2. The quantitative estimate of drug-likeness (QED) is 0.813. The van der Waals surface area contributed by atoms with Gasteiger partial charge in [0.1, 0.15) is 11.8 Å². The number of ether oxygens (including phenoxy) is 1. The van der Waals surface area contributed by atoms with Crippen LogP contribution in [-0.2, 0) is 16.1 Å². The summed E-state index contributed by atoms with van der Waals surface area (Å²) in [6, 6.07) is 4.81. The van der Waals surface area contributed by atoms with Gasteiger partial charge in [0, 0.05) is 31.2 Å². The molecule has 1 aromatic rings. The molecule has 1 aromatic carbocycles. The monoisotopic (exact) mass is 341 g/mol. The number of amides is 2. The Morgan fingerprint density at radius 2 is 1.96 bits per heavy atom. The van der Waals surface area contributed by atoms with Crippen LogP contribution in [0.1, 0.15) is 12.5 Å². The lowest BCUT2D eigenvalue weighted by molar-refractivity contribution is -0.134. The lowest BCUT2D eigenvalue weighted by Gasteiger charge is -2.21. The third kappa shape index (κ3) is 6.08. The second-order valence-electron chi connectivity index (χ2n) is 5.65. The molecule has 0 bridgehead atoms. The fraction of sp³-hybridized carbons (Fsp3) is 0.500. The minimum Gasteiger partial charge on any atom is -0.496 e. The van der Waals surface area contributed by atoms with Gasteiger partial charge in [0.2, 0.25) is 11.8 Å². The van der Waals surface area contributed by atoms with Gasteiger partial charge in [-0.25, -0.2) is 0 Å². The van der Waals surface area contributed by atoms with Crippen LogP contribution in [0.25, 0.3) is 0 Å². The zero-order chi connectivity index (χ0) is 17.6. The number of nitrogens with one attached hydrogen (secondary N) is 1. The number of hydrogen-bond donors (Lipinski definition) is 1. The Kier molecular flexibility index (Phi) is 7.32. The van der Waals surface area contributed by atoms with Gasteiger partial charge in [0.15, 0.2) is 0 Å². The van der Waals surface area contributed by atoms with Gasteiger partial charge in [0.05, 0.1) is 13.7 Å². The van der Waals surface area contributed by atoms with Crippen LogP contribution in [-0.4, -0.2) is 62.5 Å². The topological polar surface area (TPSA) is 61.9 Å². The van der Waals surface area contributed by atoms with E-state index in [1.165, 1.54) is 4.90 Å². The number of carbonyl (C=O) groups is 2. The van der Waals surface area contributed by atoms with Gasteiger partial charge < -0.3 is 15.0 Å². The third-order valence-corrected chi connectivity index (χ3v) is 3.52. The predicted molar refractivity (Wildman–Crippen MR) is 90.6 cm³/mol. The van der Waals surface area contributed by atoms with E-state index >= 15 is 0 Å². The van der Waals surface area contributed by atoms with Gasteiger partial charge in [-0.1, -0.05) is 11.6 Å². The highest BCUT2D eigenvalue weighted by molar-refractivity contribution is 6.30. The Labute approximate surface area is 142 Å². The van der Waals surface area contributed by atoms with E-state index in [2.05, 4.69) is 5.32 Å². The molecule has 1 unspecified atom stereocenters. The standard InChI is InChI=1S/C16H24ClN3O3/c1-11(16(22)19(2)3)18-15(21)10-20(4)9-12-8-13(17)6-7-14(12)23-5/h6-8,11H,9-10H2,1-5H3,(H,18,21). The Hall–Kier alpha value is -1.79. The van der Waals surface area contributed by atoms with Gasteiger partial charge in [-0.15, -0.1) is 0 Å². The summed E-state index contributed by atoms with van der Waals surface area (Å²) in [7, 11) is 6.72. The zero-order valence-electron chi connectivity index (χ0n) is 14.2. The Morgan fingerprint density at radius 3 is 2.52 bits per heavy atom. The highest BCUT2D eigenvalue weighted by Gasteiger charge is 2.18. The molecule has 1 N–H and O–H groups in total. The molecule has 1 atom stereocenters. The second kappa shape index (κ2) is 8.74. The van der Waals surface area contributed by atoms with Crippen molar-refractivity contribution in [3.8, 4) is 5.75 Å². The van der Waals surface area contributed by atoms with Crippen molar-refractivity contribution in [1.82, 2.24) is 15.1 Å². The first-order valence-corrected chi connectivity index (χ1v) is 7.64. The molecule has 0 aliphatic heterocycles. The molecular formula is C16H24ClN3O3. The van der Waals surface area contributed by atoms with E-state index in [1.807, 2.05) is 18.0 Å². The van der Waals surface area contributed by atoms with Crippen LogP contribution in [0, 0.1) is 0 Å². The molecule has 0 spiro atoms. The summed E-state index contributed by atoms with van der Waals surface area (Å²) >= 11 is 6.00. The average Bonchev–Trinajstić information content (AvgIpc) is 2.46. The summed E-state index contributed by atoms with van der Waals surface area (Å²) in [6.45, 7) is 2.34. The fourth-order valence-electron chi connectivity index (χ4n) is 2.20. The second-order valence-corrected chi connectivity index (χ2v) is 6.09. The summed E-state index contributed by atoms with van der Waals surface area (Å²) < 4.78 is 5.29. The smallest absolute Gasteiger partial charge is 0.244 e. The maximum Gasteiger partial charge on any atom is 0.244 e. The van der Waals surface area contributed by atoms with E-state index in [-0.39, 0.29) is 18.4 Å². The van der Waals surface area contributed by atoms with Crippen molar-refractivity contribution < 1.29 is 14.3 Å². The Bertz CT molecular complexity index is 564. The van der Waals surface area contributed by atoms with Crippen LogP contribution in [0.5, 0.6) is 5.75 Å². The van der Waals surface area contributed by atoms with E-state index in [0.717, 1.165) is 11.3 Å². The van der Waals surface area contributed by atoms with E-state index in [9.17, 15) is 9.59 Å². The molecule has 0 radical (unpaired) electrons. The summed E-state index contributed by atoms with van der Waals surface area (Å²) in [6.07, 6.45) is 0. The molecule has 0 saturated heterocycles. The third-order valence-electron chi connectivity index (χ3n) is 3.28. The summed E-state index contributed by atoms with van der Waals surface area (Å²) in [4.78, 5) is 27.0. The molecule has 1 rings (SSSR count). The van der Waals surface area contributed by atoms with E-state index < -0.39 is 6.04 Å². The first kappa shape index (κ1) is 19.3. The van der Waals surface area contributed by atoms with Crippen molar-refractivity contribution in [3.05, 3.63) is 28.8 Å². The number of hydrogen-bond acceptors (Lipinski definition) is 4. The van der Waals surface area contributed by atoms with Crippen molar-refractivity contribution in [2.45, 2.75) is 19.5 Å². The van der Waals surface area contributed by atoms with Crippen LogP contribution >= 0.6 is 11.6 Å². The van der Waals surface area contributed by atoms with Gasteiger partial charge >= 0.3 is 0 Å². The summed E-state index contributed by atoms with van der Waals surface area (Å²) in [5, 5.41) is 3.30. The first-order chi connectivity index (χ1) is 10.7. The molecule has 23 heavy (non-hydrogen) atoms. The van der Waals surface area contributed by atoms with E-state index in [0.29, 0.717) is 11.6 Å². The average molecular weight is 342 g/mol. The molecule has 0 aliphatic rings. The predicted octanol–water partition coefficient (Wildman–Crippen LogP) is 1.37. The molecule has 2 amide bonds. The molecule has 6 nitrogen and oxygen atoms in total. The fourth-order valence-corrected chi connectivity index (χ4v) is 2.39. The molecule has 0 saturated carbocycles. The number of benzene rings is 1. The SMILES string of the molecule is COc1ccc(Cl)cc1CN(C)CC(=O)NC(C)C(=O)N(C)C. The van der Waals surface area contributed by atoms with Crippen LogP contribution in [0.4, 0.5) is 0 Å². The van der Waals surface area contributed by atoms with Crippen LogP contribution < -0.4 is 10.1 Å². The Morgan fingerprint density at radius 1 is 1.30 bits per heavy atom. The van der Waals surface area contributed by atoms with Crippen LogP contribution in [0.15, 0.2) is 18.2 Å². The maximum atomic E-state index is 12.0. The van der Waals surface area contributed by atoms with Crippen molar-refractivity contribution >= 4 is 23.4 Å². The minimum atomic E-state index is -0.549. The van der Waals surface area contributed by atoms with Gasteiger partial charge in [-0.3, -0.25) is 14.5 Å². The maximum absolute atomic E-state index is 12.0. The molecule has 0 fully saturated rings. The lowest BCUT2D eigenvalue weighted by atomic mass is 10.2. The molecule has 128 valence electrons. The van der Waals surface area contributed by atoms with Crippen LogP contribution in [0.2, 0.25) is 5.02 Å². The van der Waals surface area contributed by atoms with Crippen molar-refractivity contribution in [2.75, 3.05) is 34.8 Å². The highest BCUT2D eigenvalue weighted by atomic mass is 35.5. The highest BCUT2D eigenvalue weighted by Crippen LogP contribution is 2.23.